The van der Waals surface area contributed by atoms with Crippen LogP contribution >= 0.6 is 0 Å². The molecule has 2 aromatic carbocycles. The van der Waals surface area contributed by atoms with E-state index in [1.54, 1.807) is 31.4 Å². The van der Waals surface area contributed by atoms with Gasteiger partial charge in [0, 0.05) is 32.4 Å². The van der Waals surface area contributed by atoms with E-state index in [1.165, 1.54) is 0 Å². The molecule has 0 unspecified atom stereocenters. The van der Waals surface area contributed by atoms with E-state index >= 15 is 0 Å². The summed E-state index contributed by atoms with van der Waals surface area (Å²) in [5, 5.41) is 12.2. The van der Waals surface area contributed by atoms with Gasteiger partial charge in [0.05, 0.1) is 13.7 Å². The summed E-state index contributed by atoms with van der Waals surface area (Å²) < 4.78 is 10.6. The lowest BCUT2D eigenvalue weighted by Gasteiger charge is -2.32. The van der Waals surface area contributed by atoms with Crippen LogP contribution in [0.5, 0.6) is 11.5 Å². The van der Waals surface area contributed by atoms with Gasteiger partial charge in [-0.25, -0.2) is 4.79 Å². The number of amides is 2. The van der Waals surface area contributed by atoms with Crippen molar-refractivity contribution in [2.24, 2.45) is 5.92 Å². The van der Waals surface area contributed by atoms with Crippen LogP contribution in [0.25, 0.3) is 0 Å². The normalized spacial score (nSPS) is 14.7. The van der Waals surface area contributed by atoms with Crippen LogP contribution < -0.4 is 14.8 Å². The number of hydrogen-bond donors (Lipinski definition) is 2. The van der Waals surface area contributed by atoms with E-state index in [-0.39, 0.29) is 30.6 Å². The average Bonchev–Trinajstić information content (AvgIpc) is 2.88. The molecule has 2 N–H and O–H groups in total. The molecule has 8 heteroatoms. The highest BCUT2D eigenvalue weighted by atomic mass is 16.5. The van der Waals surface area contributed by atoms with Crippen LogP contribution in [0.4, 0.5) is 0 Å². The number of aliphatic carboxylic acids is 1. The van der Waals surface area contributed by atoms with Crippen molar-refractivity contribution in [3.63, 3.8) is 0 Å². The third-order valence-corrected chi connectivity index (χ3v) is 6.54. The molecule has 2 aromatic rings. The fraction of sp³-hybridized carbons (Fsp3) is 0.464. The van der Waals surface area contributed by atoms with Crippen LogP contribution in [0.15, 0.2) is 48.5 Å². The van der Waals surface area contributed by atoms with Crippen molar-refractivity contribution in [2.75, 3.05) is 26.8 Å². The molecule has 0 spiro atoms. The highest BCUT2D eigenvalue weighted by Crippen LogP contribution is 2.22. The van der Waals surface area contributed by atoms with E-state index < -0.39 is 12.0 Å². The van der Waals surface area contributed by atoms with Crippen molar-refractivity contribution in [3.8, 4) is 11.5 Å². The number of methoxy groups -OCH3 is 1. The summed E-state index contributed by atoms with van der Waals surface area (Å²) >= 11 is 0. The van der Waals surface area contributed by atoms with Gasteiger partial charge >= 0.3 is 5.97 Å². The highest BCUT2D eigenvalue weighted by molar-refractivity contribution is 5.84. The number of benzene rings is 2. The monoisotopic (exact) mass is 496 g/mol. The molecule has 0 aliphatic carbocycles. The third-order valence-electron chi connectivity index (χ3n) is 6.54. The Morgan fingerprint density at radius 1 is 1.00 bits per heavy atom. The summed E-state index contributed by atoms with van der Waals surface area (Å²) in [6, 6.07) is 14.0. The van der Waals surface area contributed by atoms with Gasteiger partial charge in [-0.2, -0.15) is 0 Å². The zero-order valence-corrected chi connectivity index (χ0v) is 21.1. The minimum Gasteiger partial charge on any atom is -0.497 e. The summed E-state index contributed by atoms with van der Waals surface area (Å²) in [7, 11) is 1.57. The lowest BCUT2D eigenvalue weighted by atomic mass is 9.92. The number of piperidine rings is 1. The van der Waals surface area contributed by atoms with Crippen LogP contribution in [-0.4, -0.2) is 60.6 Å². The molecule has 1 atom stereocenters. The Morgan fingerprint density at radius 2 is 1.61 bits per heavy atom. The van der Waals surface area contributed by atoms with Crippen molar-refractivity contribution in [1.29, 1.82) is 0 Å². The molecule has 1 fully saturated rings. The molecule has 194 valence electrons. The fourth-order valence-corrected chi connectivity index (χ4v) is 4.43. The Hall–Kier alpha value is -3.55. The van der Waals surface area contributed by atoms with Gasteiger partial charge in [-0.05, 0) is 67.5 Å². The Balaban J connectivity index is 1.40. The maximum absolute atomic E-state index is 12.7. The molecule has 1 aliphatic heterocycles. The number of nitrogens with zero attached hydrogens (tertiary/aromatic N) is 1. The van der Waals surface area contributed by atoms with Gasteiger partial charge in [-0.1, -0.05) is 24.3 Å². The zero-order chi connectivity index (χ0) is 25.9. The van der Waals surface area contributed by atoms with Gasteiger partial charge in [0.15, 0.2) is 0 Å². The first-order valence-corrected chi connectivity index (χ1v) is 12.5. The maximum Gasteiger partial charge on any atom is 0.326 e. The summed E-state index contributed by atoms with van der Waals surface area (Å²) in [4.78, 5) is 38.8. The zero-order valence-electron chi connectivity index (χ0n) is 21.1. The molecule has 36 heavy (non-hydrogen) atoms. The Labute approximate surface area is 212 Å². The number of ether oxygens (including phenoxy) is 2. The SMILES string of the molecule is CCOc1ccc(CCC(=O)N2CCC(CC(=O)N[C@@H](Cc3ccc(OC)cc3)C(=O)O)CC2)cc1. The van der Waals surface area contributed by atoms with Gasteiger partial charge in [-0.3, -0.25) is 9.59 Å². The van der Waals surface area contributed by atoms with Crippen LogP contribution in [0.3, 0.4) is 0 Å². The topological polar surface area (TPSA) is 105 Å². The second kappa shape index (κ2) is 13.5. The molecule has 0 bridgehead atoms. The first kappa shape index (κ1) is 27.0. The van der Waals surface area contributed by atoms with Crippen molar-refractivity contribution in [1.82, 2.24) is 10.2 Å². The Bertz CT molecular complexity index is 998. The summed E-state index contributed by atoms with van der Waals surface area (Å²) in [6.45, 7) is 3.81. The smallest absolute Gasteiger partial charge is 0.326 e. The number of likely N-dealkylation sites (tertiary alicyclic amines) is 1. The summed E-state index contributed by atoms with van der Waals surface area (Å²) in [5.41, 5.74) is 1.90. The van der Waals surface area contributed by atoms with E-state index in [0.29, 0.717) is 38.3 Å². The number of aryl methyl sites for hydroxylation is 1. The molecular formula is C28H36N2O6. The number of carbonyl (C=O) groups excluding carboxylic acids is 2. The Kier molecular flexibility index (Phi) is 10.2. The minimum absolute atomic E-state index is 0.122. The molecule has 0 saturated carbocycles. The largest absolute Gasteiger partial charge is 0.497 e. The van der Waals surface area contributed by atoms with Crippen LogP contribution in [0.1, 0.15) is 43.7 Å². The second-order valence-electron chi connectivity index (χ2n) is 9.12. The molecule has 1 aliphatic rings. The molecule has 0 aromatic heterocycles. The van der Waals surface area contributed by atoms with E-state index in [9.17, 15) is 19.5 Å². The van der Waals surface area contributed by atoms with Gasteiger partial charge in [0.2, 0.25) is 11.8 Å². The summed E-state index contributed by atoms with van der Waals surface area (Å²) in [5.74, 6) is 0.445. The van der Waals surface area contributed by atoms with Crippen molar-refractivity contribution >= 4 is 17.8 Å². The van der Waals surface area contributed by atoms with E-state index in [0.717, 1.165) is 29.7 Å². The molecule has 2 amide bonds. The standard InChI is InChI=1S/C28H36N2O6/c1-3-36-24-11-4-20(5-12-24)8-13-27(32)30-16-14-22(15-17-30)19-26(31)29-25(28(33)34)18-21-6-9-23(35-2)10-7-21/h4-7,9-12,22,25H,3,8,13-19H2,1-2H3,(H,29,31)(H,33,34)/t25-/m0/s1. The average molecular weight is 497 g/mol. The molecule has 1 heterocycles. The number of nitrogens with one attached hydrogen (secondary N) is 1. The minimum atomic E-state index is -1.06. The van der Waals surface area contributed by atoms with E-state index in [4.69, 9.17) is 9.47 Å². The number of carboxylic acid groups (broad SMARTS) is 1. The van der Waals surface area contributed by atoms with Crippen molar-refractivity contribution in [3.05, 3.63) is 59.7 Å². The van der Waals surface area contributed by atoms with E-state index in [1.807, 2.05) is 36.1 Å². The second-order valence-corrected chi connectivity index (χ2v) is 9.12. The van der Waals surface area contributed by atoms with Crippen LogP contribution in [0.2, 0.25) is 0 Å². The number of rotatable bonds is 12. The van der Waals surface area contributed by atoms with Crippen molar-refractivity contribution < 1.29 is 29.0 Å². The molecule has 8 nitrogen and oxygen atoms in total. The van der Waals surface area contributed by atoms with E-state index in [2.05, 4.69) is 5.32 Å². The predicted molar refractivity (Wildman–Crippen MR) is 136 cm³/mol. The van der Waals surface area contributed by atoms with Gasteiger partial charge in [-0.15, -0.1) is 0 Å². The molecule has 1 saturated heterocycles. The first-order valence-electron chi connectivity index (χ1n) is 12.5. The third kappa shape index (κ3) is 8.29. The quantitative estimate of drug-likeness (QED) is 0.466. The lowest BCUT2D eigenvalue weighted by molar-refractivity contribution is -0.142. The lowest BCUT2D eigenvalue weighted by Crippen LogP contribution is -2.44. The fourth-order valence-electron chi connectivity index (χ4n) is 4.43. The highest BCUT2D eigenvalue weighted by Gasteiger charge is 2.26. The number of carbonyl (C=O) groups is 3. The molecule has 3 rings (SSSR count). The van der Waals surface area contributed by atoms with Gasteiger partial charge < -0.3 is 24.8 Å². The first-order chi connectivity index (χ1) is 17.4. The van der Waals surface area contributed by atoms with Crippen LogP contribution in [0, 0.1) is 5.92 Å². The molecular weight excluding hydrogens is 460 g/mol. The summed E-state index contributed by atoms with van der Waals surface area (Å²) in [6.07, 6.45) is 3.06. The van der Waals surface area contributed by atoms with Gasteiger partial charge in [0.1, 0.15) is 17.5 Å². The van der Waals surface area contributed by atoms with Crippen molar-refractivity contribution in [2.45, 2.75) is 51.5 Å². The number of hydrogen-bond acceptors (Lipinski definition) is 5. The van der Waals surface area contributed by atoms with Crippen LogP contribution in [-0.2, 0) is 27.2 Å². The number of carboxylic acids is 1. The Morgan fingerprint density at radius 3 is 2.19 bits per heavy atom. The maximum atomic E-state index is 12.7. The molecule has 0 radical (unpaired) electrons. The van der Waals surface area contributed by atoms with Gasteiger partial charge in [0.25, 0.3) is 0 Å². The predicted octanol–water partition coefficient (Wildman–Crippen LogP) is 3.47.